The van der Waals surface area contributed by atoms with E-state index in [0.717, 1.165) is 13.0 Å². The quantitative estimate of drug-likeness (QED) is 0.309. The first-order valence-electron chi connectivity index (χ1n) is 7.89. The minimum absolute atomic E-state index is 0.236. The number of amides is 1. The summed E-state index contributed by atoms with van der Waals surface area (Å²) in [6, 6.07) is 2.28. The molecule has 0 aliphatic carbocycles. The van der Waals surface area contributed by atoms with Crippen molar-refractivity contribution in [2.75, 3.05) is 11.9 Å². The Hall–Kier alpha value is -3.35. The van der Waals surface area contributed by atoms with Crippen LogP contribution in [0.1, 0.15) is 12.5 Å². The zero-order valence-corrected chi connectivity index (χ0v) is 14.9. The molecule has 0 heterocycles. The van der Waals surface area contributed by atoms with Crippen molar-refractivity contribution in [2.45, 2.75) is 18.7 Å². The second-order valence-electron chi connectivity index (χ2n) is 6.20. The van der Waals surface area contributed by atoms with Gasteiger partial charge in [0.25, 0.3) is 11.6 Å². The number of halogens is 6. The number of carbonyl (C=O) groups excluding carboxylic acids is 1. The normalized spacial score (nSPS) is 13.5. The van der Waals surface area contributed by atoms with Crippen molar-refractivity contribution < 1.29 is 45.9 Å². The molecule has 0 aliphatic rings. The Morgan fingerprint density at radius 1 is 1.20 bits per heavy atom. The highest BCUT2D eigenvalue weighted by Crippen LogP contribution is 2.37. The zero-order chi connectivity index (χ0) is 22.9. The van der Waals surface area contributed by atoms with Crippen LogP contribution < -0.4 is 10.1 Å². The summed E-state index contributed by atoms with van der Waals surface area (Å²) in [5.41, 5.74) is -5.92. The summed E-state index contributed by atoms with van der Waals surface area (Å²) in [4.78, 5) is 21.6. The molecule has 0 spiro atoms. The van der Waals surface area contributed by atoms with Gasteiger partial charge in [-0.05, 0) is 19.1 Å². The molecule has 0 saturated carbocycles. The van der Waals surface area contributed by atoms with Gasteiger partial charge in [-0.3, -0.25) is 14.9 Å². The van der Waals surface area contributed by atoms with Gasteiger partial charge >= 0.3 is 6.18 Å². The highest BCUT2D eigenvalue weighted by Gasteiger charge is 2.39. The lowest BCUT2D eigenvalue weighted by Gasteiger charge is -2.23. The van der Waals surface area contributed by atoms with E-state index in [1.165, 1.54) is 0 Å². The van der Waals surface area contributed by atoms with Crippen molar-refractivity contribution in [3.63, 3.8) is 0 Å². The number of anilines is 1. The summed E-state index contributed by atoms with van der Waals surface area (Å²) in [6.45, 7) is -0.191. The number of hydrogen-bond donors (Lipinski definition) is 2. The molecule has 30 heavy (non-hydrogen) atoms. The lowest BCUT2D eigenvalue weighted by atomic mass is 10.1. The maximum atomic E-state index is 13.6. The molecule has 0 aliphatic heterocycles. The predicted molar refractivity (Wildman–Crippen MR) is 89.2 cm³/mol. The first-order valence-corrected chi connectivity index (χ1v) is 7.89. The number of aliphatic hydroxyl groups is 1. The number of benzene rings is 2. The van der Waals surface area contributed by atoms with Gasteiger partial charge in [-0.25, -0.2) is 8.78 Å². The van der Waals surface area contributed by atoms with Crippen molar-refractivity contribution in [2.24, 2.45) is 0 Å². The third kappa shape index (κ3) is 5.17. The standard InChI is InChI=1S/C17H12F6N2O5/c1-16(27,7-30-13-5-8(18)4-11(19)14(13)20)15(26)24-9-2-3-12(25(28)29)10(6-9)17(21,22)23/h2-6,27H,7H2,1H3,(H,24,26)/t16-/m0/s1. The van der Waals surface area contributed by atoms with Crippen LogP contribution in [0.5, 0.6) is 5.75 Å². The maximum absolute atomic E-state index is 13.6. The van der Waals surface area contributed by atoms with Gasteiger partial charge in [0, 0.05) is 23.9 Å². The summed E-state index contributed by atoms with van der Waals surface area (Å²) < 4.78 is 83.5. The van der Waals surface area contributed by atoms with Gasteiger partial charge in [0.05, 0.1) is 4.92 Å². The second kappa shape index (κ2) is 8.18. The van der Waals surface area contributed by atoms with Crippen LogP contribution >= 0.6 is 0 Å². The molecule has 1 atom stereocenters. The minimum Gasteiger partial charge on any atom is -0.487 e. The first-order chi connectivity index (χ1) is 13.7. The molecular weight excluding hydrogens is 426 g/mol. The molecule has 2 aromatic carbocycles. The van der Waals surface area contributed by atoms with Crippen LogP contribution in [0.25, 0.3) is 0 Å². The predicted octanol–water partition coefficient (Wildman–Crippen LogP) is 3.80. The number of rotatable bonds is 6. The fourth-order valence-electron chi connectivity index (χ4n) is 2.19. The summed E-state index contributed by atoms with van der Waals surface area (Å²) in [5, 5.41) is 22.8. The molecule has 7 nitrogen and oxygen atoms in total. The number of nitro groups is 1. The van der Waals surface area contributed by atoms with E-state index in [4.69, 9.17) is 4.74 Å². The van der Waals surface area contributed by atoms with Crippen LogP contribution in [0.15, 0.2) is 30.3 Å². The van der Waals surface area contributed by atoms with E-state index < -0.39 is 69.4 Å². The van der Waals surface area contributed by atoms with E-state index in [2.05, 4.69) is 0 Å². The third-order valence-corrected chi connectivity index (χ3v) is 3.71. The third-order valence-electron chi connectivity index (χ3n) is 3.71. The Balaban J connectivity index is 2.19. The summed E-state index contributed by atoms with van der Waals surface area (Å²) in [5.74, 6) is -6.65. The Labute approximate surface area is 164 Å². The topological polar surface area (TPSA) is 102 Å². The molecule has 2 rings (SSSR count). The van der Waals surface area contributed by atoms with Gasteiger partial charge in [0.1, 0.15) is 18.0 Å². The van der Waals surface area contributed by atoms with E-state index in [1.54, 1.807) is 0 Å². The van der Waals surface area contributed by atoms with E-state index >= 15 is 0 Å². The molecule has 0 unspecified atom stereocenters. The molecule has 2 N–H and O–H groups in total. The fraction of sp³-hybridized carbons (Fsp3) is 0.235. The maximum Gasteiger partial charge on any atom is 0.423 e. The average molecular weight is 438 g/mol. The molecule has 0 bridgehead atoms. The van der Waals surface area contributed by atoms with Gasteiger partial charge in [0.2, 0.25) is 5.82 Å². The zero-order valence-electron chi connectivity index (χ0n) is 14.9. The Morgan fingerprint density at radius 3 is 2.40 bits per heavy atom. The van der Waals surface area contributed by atoms with Crippen LogP contribution in [0.4, 0.5) is 37.7 Å². The number of hydrogen-bond acceptors (Lipinski definition) is 5. The molecule has 162 valence electrons. The number of ether oxygens (including phenoxy) is 1. The number of carbonyl (C=O) groups is 1. The van der Waals surface area contributed by atoms with Gasteiger partial charge < -0.3 is 15.2 Å². The van der Waals surface area contributed by atoms with Crippen LogP contribution in [0, 0.1) is 27.6 Å². The van der Waals surface area contributed by atoms with Crippen molar-refractivity contribution in [3.8, 4) is 5.75 Å². The van der Waals surface area contributed by atoms with Crippen LogP contribution in [0.2, 0.25) is 0 Å². The van der Waals surface area contributed by atoms with Crippen LogP contribution in [-0.4, -0.2) is 28.1 Å². The SMILES string of the molecule is C[C@](O)(COc1cc(F)cc(F)c1F)C(=O)Nc1ccc([N+](=O)[O-])c(C(F)(F)F)c1. The monoisotopic (exact) mass is 438 g/mol. The molecule has 1 amide bonds. The van der Waals surface area contributed by atoms with Crippen molar-refractivity contribution >= 4 is 17.3 Å². The minimum atomic E-state index is -5.10. The highest BCUT2D eigenvalue weighted by molar-refractivity contribution is 5.97. The molecule has 0 fully saturated rings. The van der Waals surface area contributed by atoms with E-state index in [9.17, 15) is 46.4 Å². The largest absolute Gasteiger partial charge is 0.487 e. The van der Waals surface area contributed by atoms with E-state index in [-0.39, 0.29) is 12.1 Å². The van der Waals surface area contributed by atoms with E-state index in [1.807, 2.05) is 5.32 Å². The smallest absolute Gasteiger partial charge is 0.423 e. The highest BCUT2D eigenvalue weighted by atomic mass is 19.4. The van der Waals surface area contributed by atoms with Gasteiger partial charge in [-0.2, -0.15) is 17.6 Å². The Kier molecular flexibility index (Phi) is 6.25. The number of nitrogens with zero attached hydrogens (tertiary/aromatic N) is 1. The van der Waals surface area contributed by atoms with Crippen LogP contribution in [0.3, 0.4) is 0 Å². The molecule has 0 saturated heterocycles. The van der Waals surface area contributed by atoms with Crippen molar-refractivity contribution in [3.05, 3.63) is 63.5 Å². The summed E-state index contributed by atoms with van der Waals surface area (Å²) in [6.07, 6.45) is -5.10. The lowest BCUT2D eigenvalue weighted by Crippen LogP contribution is -2.45. The van der Waals surface area contributed by atoms with Gasteiger partial charge in [-0.15, -0.1) is 0 Å². The first kappa shape index (κ1) is 22.9. The van der Waals surface area contributed by atoms with Crippen molar-refractivity contribution in [1.29, 1.82) is 0 Å². The number of nitrogens with one attached hydrogen (secondary N) is 1. The van der Waals surface area contributed by atoms with Crippen LogP contribution in [-0.2, 0) is 11.0 Å². The Bertz CT molecular complexity index is 993. The van der Waals surface area contributed by atoms with Gasteiger partial charge in [-0.1, -0.05) is 0 Å². The van der Waals surface area contributed by atoms with E-state index in [0.29, 0.717) is 12.1 Å². The molecule has 0 aromatic heterocycles. The fourth-order valence-corrected chi connectivity index (χ4v) is 2.19. The number of alkyl halides is 3. The second-order valence-corrected chi connectivity index (χ2v) is 6.20. The Morgan fingerprint density at radius 2 is 1.83 bits per heavy atom. The average Bonchev–Trinajstić information content (AvgIpc) is 2.62. The summed E-state index contributed by atoms with van der Waals surface area (Å²) in [7, 11) is 0. The van der Waals surface area contributed by atoms with Gasteiger partial charge in [0.15, 0.2) is 17.2 Å². The lowest BCUT2D eigenvalue weighted by molar-refractivity contribution is -0.388. The molecule has 2 aromatic rings. The van der Waals surface area contributed by atoms with Crippen molar-refractivity contribution in [1.82, 2.24) is 0 Å². The molecule has 13 heteroatoms. The number of nitro benzene ring substituents is 1. The molecule has 0 radical (unpaired) electrons. The molecular formula is C17H12F6N2O5. The summed E-state index contributed by atoms with van der Waals surface area (Å²) >= 11 is 0.